The lowest BCUT2D eigenvalue weighted by atomic mass is 10.2. The maximum absolute atomic E-state index is 13.5. The fraction of sp³-hybridized carbons (Fsp3) is 0.231. The van der Waals surface area contributed by atoms with Crippen molar-refractivity contribution >= 4 is 21.4 Å². The number of nitrogens with one attached hydrogen (secondary N) is 1. The molecule has 0 saturated heterocycles. The highest BCUT2D eigenvalue weighted by Gasteiger charge is 2.20. The predicted octanol–water partition coefficient (Wildman–Crippen LogP) is 2.31. The molecular weight excluding hydrogens is 320 g/mol. The number of aryl methyl sites for hydroxylation is 1. The molecule has 0 fully saturated rings. The normalized spacial score (nSPS) is 11.8. The lowest BCUT2D eigenvalue weighted by Crippen LogP contribution is -2.24. The molecule has 114 valence electrons. The Kier molecular flexibility index (Phi) is 4.72. The number of benzene rings is 1. The van der Waals surface area contributed by atoms with Crippen molar-refractivity contribution in [3.63, 3.8) is 0 Å². The maximum atomic E-state index is 13.5. The number of aliphatic hydroxyl groups is 1. The standard InChI is InChI=1S/C13H13F2NO3S2/c1-8-13(5-11(7-17)20-8)21(18,19)16-6-9-2-3-10(14)4-12(9)15/h2-5,16-17H,6-7H2,1H3. The summed E-state index contributed by atoms with van der Waals surface area (Å²) in [5.74, 6) is -1.53. The molecule has 1 heterocycles. The maximum Gasteiger partial charge on any atom is 0.241 e. The average molecular weight is 333 g/mol. The lowest BCUT2D eigenvalue weighted by Gasteiger charge is -2.07. The van der Waals surface area contributed by atoms with Crippen molar-refractivity contribution in [2.75, 3.05) is 0 Å². The first-order chi connectivity index (χ1) is 9.83. The largest absolute Gasteiger partial charge is 0.391 e. The second-order valence-electron chi connectivity index (χ2n) is 4.35. The van der Waals surface area contributed by atoms with Gasteiger partial charge in [0.1, 0.15) is 11.6 Å². The molecule has 2 aromatic rings. The van der Waals surface area contributed by atoms with E-state index in [4.69, 9.17) is 5.11 Å². The van der Waals surface area contributed by atoms with Gasteiger partial charge in [-0.05, 0) is 19.1 Å². The van der Waals surface area contributed by atoms with Crippen LogP contribution in [-0.2, 0) is 23.2 Å². The van der Waals surface area contributed by atoms with Crippen LogP contribution in [0.15, 0.2) is 29.2 Å². The van der Waals surface area contributed by atoms with Crippen LogP contribution in [0.3, 0.4) is 0 Å². The van der Waals surface area contributed by atoms with E-state index < -0.39 is 21.7 Å². The molecule has 1 aromatic carbocycles. The Labute approximate surface area is 125 Å². The average Bonchev–Trinajstić information content (AvgIpc) is 2.80. The molecule has 2 rings (SSSR count). The van der Waals surface area contributed by atoms with E-state index in [0.29, 0.717) is 15.8 Å². The molecule has 0 aliphatic rings. The van der Waals surface area contributed by atoms with Crippen molar-refractivity contribution < 1.29 is 22.3 Å². The molecular formula is C13H13F2NO3S2. The highest BCUT2D eigenvalue weighted by Crippen LogP contribution is 2.25. The summed E-state index contributed by atoms with van der Waals surface area (Å²) in [4.78, 5) is 1.12. The van der Waals surface area contributed by atoms with Crippen molar-refractivity contribution in [3.05, 3.63) is 51.2 Å². The number of rotatable bonds is 5. The van der Waals surface area contributed by atoms with Crippen molar-refractivity contribution in [1.82, 2.24) is 4.72 Å². The quantitative estimate of drug-likeness (QED) is 0.882. The summed E-state index contributed by atoms with van der Waals surface area (Å²) in [6.07, 6.45) is 0. The lowest BCUT2D eigenvalue weighted by molar-refractivity contribution is 0.285. The van der Waals surface area contributed by atoms with Gasteiger partial charge >= 0.3 is 0 Å². The van der Waals surface area contributed by atoms with E-state index in [1.807, 2.05) is 0 Å². The number of halogens is 2. The highest BCUT2D eigenvalue weighted by atomic mass is 32.2. The van der Waals surface area contributed by atoms with Gasteiger partial charge in [-0.2, -0.15) is 0 Å². The molecule has 0 bridgehead atoms. The van der Waals surface area contributed by atoms with Gasteiger partial charge in [-0.15, -0.1) is 11.3 Å². The van der Waals surface area contributed by atoms with Crippen LogP contribution < -0.4 is 4.72 Å². The van der Waals surface area contributed by atoms with E-state index >= 15 is 0 Å². The molecule has 2 N–H and O–H groups in total. The minimum absolute atomic E-state index is 0.0511. The van der Waals surface area contributed by atoms with Gasteiger partial charge < -0.3 is 5.11 Å². The molecule has 0 spiro atoms. The van der Waals surface area contributed by atoms with Gasteiger partial charge in [0.2, 0.25) is 10.0 Å². The Morgan fingerprint density at radius 1 is 1.29 bits per heavy atom. The van der Waals surface area contributed by atoms with Gasteiger partial charge in [0, 0.05) is 27.9 Å². The van der Waals surface area contributed by atoms with E-state index in [-0.39, 0.29) is 23.6 Å². The second-order valence-corrected chi connectivity index (χ2v) is 7.43. The van der Waals surface area contributed by atoms with Crippen LogP contribution >= 0.6 is 11.3 Å². The van der Waals surface area contributed by atoms with Gasteiger partial charge in [-0.3, -0.25) is 0 Å². The third-order valence-corrected chi connectivity index (χ3v) is 5.53. The van der Waals surface area contributed by atoms with Crippen LogP contribution in [0.5, 0.6) is 0 Å². The van der Waals surface area contributed by atoms with E-state index in [1.54, 1.807) is 6.92 Å². The molecule has 0 atom stereocenters. The minimum Gasteiger partial charge on any atom is -0.391 e. The zero-order valence-electron chi connectivity index (χ0n) is 11.1. The number of thiophene rings is 1. The van der Waals surface area contributed by atoms with Crippen molar-refractivity contribution in [2.24, 2.45) is 0 Å². The molecule has 0 aliphatic carbocycles. The molecule has 4 nitrogen and oxygen atoms in total. The molecule has 0 radical (unpaired) electrons. The van der Waals surface area contributed by atoms with Crippen molar-refractivity contribution in [1.29, 1.82) is 0 Å². The molecule has 0 unspecified atom stereocenters. The molecule has 0 aliphatic heterocycles. The van der Waals surface area contributed by atoms with E-state index in [2.05, 4.69) is 4.72 Å². The molecule has 0 saturated carbocycles. The van der Waals surface area contributed by atoms with Crippen LogP contribution in [0.1, 0.15) is 15.3 Å². The summed E-state index contributed by atoms with van der Waals surface area (Å²) < 4.78 is 52.8. The van der Waals surface area contributed by atoms with E-state index in [0.717, 1.165) is 6.07 Å². The zero-order chi connectivity index (χ0) is 15.6. The van der Waals surface area contributed by atoms with Crippen molar-refractivity contribution in [2.45, 2.75) is 25.0 Å². The highest BCUT2D eigenvalue weighted by molar-refractivity contribution is 7.89. The monoisotopic (exact) mass is 333 g/mol. The summed E-state index contributed by atoms with van der Waals surface area (Å²) in [5, 5.41) is 9.02. The predicted molar refractivity (Wildman–Crippen MR) is 75.4 cm³/mol. The van der Waals surface area contributed by atoms with Gasteiger partial charge in [-0.25, -0.2) is 21.9 Å². The number of hydrogen-bond donors (Lipinski definition) is 2. The Balaban J connectivity index is 2.19. The fourth-order valence-corrected chi connectivity index (χ4v) is 4.28. The van der Waals surface area contributed by atoms with Crippen molar-refractivity contribution in [3.8, 4) is 0 Å². The molecule has 21 heavy (non-hydrogen) atoms. The summed E-state index contributed by atoms with van der Waals surface area (Å²) in [6.45, 7) is 1.10. The number of hydrogen-bond acceptors (Lipinski definition) is 4. The smallest absolute Gasteiger partial charge is 0.241 e. The molecule has 1 aromatic heterocycles. The van der Waals surface area contributed by atoms with Gasteiger partial charge in [-0.1, -0.05) is 6.07 Å². The topological polar surface area (TPSA) is 66.4 Å². The third-order valence-electron chi connectivity index (χ3n) is 2.84. The molecule has 0 amide bonds. The Bertz CT molecular complexity index is 757. The number of sulfonamides is 1. The Morgan fingerprint density at radius 2 is 2.00 bits per heavy atom. The third kappa shape index (κ3) is 3.65. The van der Waals surface area contributed by atoms with Crippen LogP contribution in [0, 0.1) is 18.6 Å². The van der Waals surface area contributed by atoms with E-state index in [1.165, 1.54) is 23.5 Å². The van der Waals surface area contributed by atoms with Crippen LogP contribution in [0.2, 0.25) is 0 Å². The number of aliphatic hydroxyl groups excluding tert-OH is 1. The SMILES string of the molecule is Cc1sc(CO)cc1S(=O)(=O)NCc1ccc(F)cc1F. The minimum atomic E-state index is -3.82. The van der Waals surface area contributed by atoms with Crippen LogP contribution in [0.4, 0.5) is 8.78 Å². The van der Waals surface area contributed by atoms with Gasteiger partial charge in [0.25, 0.3) is 0 Å². The summed E-state index contributed by atoms with van der Waals surface area (Å²) >= 11 is 1.18. The van der Waals surface area contributed by atoms with Crippen LogP contribution in [0.25, 0.3) is 0 Å². The summed E-state index contributed by atoms with van der Waals surface area (Å²) in [7, 11) is -3.82. The first kappa shape index (κ1) is 16.0. The Hall–Kier alpha value is -1.35. The first-order valence-corrected chi connectivity index (χ1v) is 8.27. The second kappa shape index (κ2) is 6.18. The van der Waals surface area contributed by atoms with Gasteiger partial charge in [0.15, 0.2) is 0 Å². The summed E-state index contributed by atoms with van der Waals surface area (Å²) in [5.41, 5.74) is 0.0511. The van der Waals surface area contributed by atoms with E-state index in [9.17, 15) is 17.2 Å². The fourth-order valence-electron chi connectivity index (χ4n) is 1.78. The zero-order valence-corrected chi connectivity index (χ0v) is 12.7. The van der Waals surface area contributed by atoms with Gasteiger partial charge in [0.05, 0.1) is 11.5 Å². The molecule has 8 heteroatoms. The Morgan fingerprint density at radius 3 is 2.57 bits per heavy atom. The summed E-state index contributed by atoms with van der Waals surface area (Å²) in [6, 6.07) is 4.33. The van der Waals surface area contributed by atoms with Crippen LogP contribution in [-0.4, -0.2) is 13.5 Å². The first-order valence-electron chi connectivity index (χ1n) is 5.97.